The highest BCUT2D eigenvalue weighted by Gasteiger charge is 2.24. The van der Waals surface area contributed by atoms with Gasteiger partial charge in [0.15, 0.2) is 5.69 Å². The summed E-state index contributed by atoms with van der Waals surface area (Å²) in [6, 6.07) is 2.58. The van der Waals surface area contributed by atoms with Crippen LogP contribution in [0.15, 0.2) is 12.1 Å². The third-order valence-corrected chi connectivity index (χ3v) is 3.33. The van der Waals surface area contributed by atoms with Crippen molar-refractivity contribution in [2.45, 2.75) is 25.9 Å². The summed E-state index contributed by atoms with van der Waals surface area (Å²) >= 11 is 0. The Hall–Kier alpha value is -2.35. The summed E-state index contributed by atoms with van der Waals surface area (Å²) in [6.07, 6.45) is 1.66. The van der Waals surface area contributed by atoms with Gasteiger partial charge in [0.25, 0.3) is 5.69 Å². The number of nitrogens with one attached hydrogen (secondary N) is 1. The van der Waals surface area contributed by atoms with Gasteiger partial charge >= 0.3 is 0 Å². The third kappa shape index (κ3) is 3.64. The second-order valence-electron chi connectivity index (χ2n) is 5.01. The maximum Gasteiger partial charge on any atom is 0.296 e. The number of anilines is 1. The van der Waals surface area contributed by atoms with E-state index in [4.69, 9.17) is 15.2 Å². The molecule has 1 unspecified atom stereocenters. The molecule has 0 saturated carbocycles. The van der Waals surface area contributed by atoms with Crippen molar-refractivity contribution in [3.8, 4) is 5.75 Å². The first-order valence-corrected chi connectivity index (χ1v) is 7.13. The van der Waals surface area contributed by atoms with Crippen LogP contribution in [0.2, 0.25) is 0 Å². The fourth-order valence-electron chi connectivity index (χ4n) is 2.03. The van der Waals surface area contributed by atoms with Gasteiger partial charge in [0.1, 0.15) is 12.4 Å². The minimum atomic E-state index is -0.741. The van der Waals surface area contributed by atoms with E-state index in [0.29, 0.717) is 13.2 Å². The van der Waals surface area contributed by atoms with Gasteiger partial charge in [-0.15, -0.1) is 0 Å². The van der Waals surface area contributed by atoms with Crippen LogP contribution in [-0.4, -0.2) is 36.7 Å². The van der Waals surface area contributed by atoms with E-state index in [1.807, 2.05) is 6.92 Å². The van der Waals surface area contributed by atoms with Crippen molar-refractivity contribution in [2.24, 2.45) is 5.73 Å². The highest BCUT2D eigenvalue weighted by molar-refractivity contribution is 5.95. The number of amides is 1. The van der Waals surface area contributed by atoms with E-state index in [9.17, 15) is 14.9 Å². The van der Waals surface area contributed by atoms with Gasteiger partial charge in [-0.2, -0.15) is 0 Å². The number of nitrogens with zero attached hydrogens (tertiary/aromatic N) is 1. The van der Waals surface area contributed by atoms with Crippen molar-refractivity contribution in [2.75, 3.05) is 25.1 Å². The van der Waals surface area contributed by atoms with Crippen LogP contribution < -0.4 is 15.8 Å². The van der Waals surface area contributed by atoms with Crippen molar-refractivity contribution in [1.82, 2.24) is 0 Å². The monoisotopic (exact) mass is 309 g/mol. The zero-order valence-corrected chi connectivity index (χ0v) is 12.3. The van der Waals surface area contributed by atoms with E-state index in [-0.39, 0.29) is 35.4 Å². The van der Waals surface area contributed by atoms with E-state index in [1.54, 1.807) is 0 Å². The minimum absolute atomic E-state index is 0.0182. The van der Waals surface area contributed by atoms with E-state index >= 15 is 0 Å². The molecular weight excluding hydrogens is 290 g/mol. The van der Waals surface area contributed by atoms with Gasteiger partial charge < -0.3 is 20.5 Å². The molecule has 1 aromatic carbocycles. The first kappa shape index (κ1) is 16.0. The summed E-state index contributed by atoms with van der Waals surface area (Å²) in [5, 5.41) is 14.2. The maximum absolute atomic E-state index is 11.4. The van der Waals surface area contributed by atoms with Gasteiger partial charge in [0, 0.05) is 31.2 Å². The molecule has 120 valence electrons. The number of hydrogen-bond donors (Lipinski definition) is 2. The molecule has 3 N–H and O–H groups in total. The van der Waals surface area contributed by atoms with Crippen molar-refractivity contribution in [1.29, 1.82) is 0 Å². The Morgan fingerprint density at radius 2 is 2.32 bits per heavy atom. The SMILES string of the molecule is CCCNc1c(OCC2CCO2)cc(C(N)=O)cc1[N+](=O)[O-]. The second-order valence-corrected chi connectivity index (χ2v) is 5.01. The number of nitrogens with two attached hydrogens (primary N) is 1. The van der Waals surface area contributed by atoms with Crippen LogP contribution in [0, 0.1) is 10.1 Å². The van der Waals surface area contributed by atoms with E-state index < -0.39 is 10.8 Å². The highest BCUT2D eigenvalue weighted by atomic mass is 16.6. The third-order valence-electron chi connectivity index (χ3n) is 3.33. The minimum Gasteiger partial charge on any atom is -0.488 e. The molecule has 8 heteroatoms. The Morgan fingerprint density at radius 3 is 2.82 bits per heavy atom. The van der Waals surface area contributed by atoms with Crippen LogP contribution >= 0.6 is 0 Å². The number of primary amides is 1. The second kappa shape index (κ2) is 7.08. The Balaban J connectivity index is 2.34. The average Bonchev–Trinajstić information content (AvgIpc) is 2.43. The molecule has 8 nitrogen and oxygen atoms in total. The summed E-state index contributed by atoms with van der Waals surface area (Å²) in [5.41, 5.74) is 5.31. The number of nitro benzene ring substituents is 1. The van der Waals surface area contributed by atoms with Crippen molar-refractivity contribution < 1.29 is 19.2 Å². The van der Waals surface area contributed by atoms with Crippen molar-refractivity contribution in [3.05, 3.63) is 27.8 Å². The summed E-state index contributed by atoms with van der Waals surface area (Å²) in [5.74, 6) is -0.498. The lowest BCUT2D eigenvalue weighted by Crippen LogP contribution is -2.32. The Bertz CT molecular complexity index is 572. The maximum atomic E-state index is 11.4. The number of rotatable bonds is 8. The quantitative estimate of drug-likeness (QED) is 0.557. The molecule has 1 aliphatic rings. The Kier molecular flexibility index (Phi) is 5.16. The van der Waals surface area contributed by atoms with Crippen LogP contribution in [0.3, 0.4) is 0 Å². The molecular formula is C14H19N3O5. The molecule has 1 aromatic rings. The van der Waals surface area contributed by atoms with Crippen LogP contribution in [0.25, 0.3) is 0 Å². The lowest BCUT2D eigenvalue weighted by Gasteiger charge is -2.26. The fourth-order valence-corrected chi connectivity index (χ4v) is 2.03. The summed E-state index contributed by atoms with van der Waals surface area (Å²) in [7, 11) is 0. The largest absolute Gasteiger partial charge is 0.488 e. The molecule has 0 aliphatic carbocycles. The zero-order chi connectivity index (χ0) is 16.1. The predicted octanol–water partition coefficient (Wildman–Crippen LogP) is 1.68. The molecule has 22 heavy (non-hydrogen) atoms. The van der Waals surface area contributed by atoms with Crippen LogP contribution in [0.4, 0.5) is 11.4 Å². The lowest BCUT2D eigenvalue weighted by atomic mass is 10.1. The van der Waals surface area contributed by atoms with E-state index in [0.717, 1.165) is 18.9 Å². The fraction of sp³-hybridized carbons (Fsp3) is 0.500. The molecule has 0 aromatic heterocycles. The molecule has 1 aliphatic heterocycles. The molecule has 1 atom stereocenters. The van der Waals surface area contributed by atoms with Gasteiger partial charge in [0.05, 0.1) is 11.0 Å². The molecule has 1 fully saturated rings. The van der Waals surface area contributed by atoms with Gasteiger partial charge in [-0.3, -0.25) is 14.9 Å². The van der Waals surface area contributed by atoms with Gasteiger partial charge in [0.2, 0.25) is 5.91 Å². The van der Waals surface area contributed by atoms with E-state index in [1.165, 1.54) is 6.07 Å². The van der Waals surface area contributed by atoms with Crippen molar-refractivity contribution >= 4 is 17.3 Å². The first-order chi connectivity index (χ1) is 10.5. The average molecular weight is 309 g/mol. The molecule has 1 saturated heterocycles. The lowest BCUT2D eigenvalue weighted by molar-refractivity contribution is -0.384. The van der Waals surface area contributed by atoms with Gasteiger partial charge in [-0.25, -0.2) is 0 Å². The van der Waals surface area contributed by atoms with Crippen LogP contribution in [0.1, 0.15) is 30.1 Å². The molecule has 0 radical (unpaired) electrons. The Morgan fingerprint density at radius 1 is 1.59 bits per heavy atom. The van der Waals surface area contributed by atoms with Crippen LogP contribution in [-0.2, 0) is 4.74 Å². The molecule has 0 bridgehead atoms. The number of ether oxygens (including phenoxy) is 2. The summed E-state index contributed by atoms with van der Waals surface area (Å²) in [6.45, 7) is 3.46. The molecule has 0 spiro atoms. The number of carbonyl (C=O) groups excluding carboxylic acids is 1. The summed E-state index contributed by atoms with van der Waals surface area (Å²) in [4.78, 5) is 22.0. The normalized spacial score (nSPS) is 16.7. The molecule has 1 amide bonds. The number of nitro groups is 1. The summed E-state index contributed by atoms with van der Waals surface area (Å²) < 4.78 is 10.9. The highest BCUT2D eigenvalue weighted by Crippen LogP contribution is 2.36. The standard InChI is InChI=1S/C14H19N3O5/c1-2-4-16-13-11(17(19)20)6-9(14(15)18)7-12(13)22-8-10-3-5-21-10/h6-7,10,16H,2-5,8H2,1H3,(H2,15,18). The number of benzene rings is 1. The Labute approximate surface area is 127 Å². The number of hydrogen-bond acceptors (Lipinski definition) is 6. The molecule has 2 rings (SSSR count). The van der Waals surface area contributed by atoms with Crippen LogP contribution in [0.5, 0.6) is 5.75 Å². The first-order valence-electron chi connectivity index (χ1n) is 7.13. The number of carbonyl (C=O) groups is 1. The van der Waals surface area contributed by atoms with Crippen molar-refractivity contribution in [3.63, 3.8) is 0 Å². The molecule has 1 heterocycles. The van der Waals surface area contributed by atoms with Gasteiger partial charge in [-0.1, -0.05) is 6.92 Å². The topological polar surface area (TPSA) is 117 Å². The van der Waals surface area contributed by atoms with Gasteiger partial charge in [-0.05, 0) is 12.5 Å². The zero-order valence-electron chi connectivity index (χ0n) is 12.3. The predicted molar refractivity (Wildman–Crippen MR) is 80.2 cm³/mol. The smallest absolute Gasteiger partial charge is 0.296 e. The van der Waals surface area contributed by atoms with E-state index in [2.05, 4.69) is 5.32 Å².